The number of hydroxylamine groups is 2. The molecular formula is C22H27NO2. The smallest absolute Gasteiger partial charge is 0.158 e. The highest BCUT2D eigenvalue weighted by Crippen LogP contribution is 2.45. The average molecular weight is 337 g/mol. The highest BCUT2D eigenvalue weighted by Gasteiger charge is 2.42. The maximum Gasteiger partial charge on any atom is 0.158 e. The topological polar surface area (TPSA) is 21.7 Å². The standard InChI is InChI=1S/C22H27NO2/c1-16-11-13-17(14-12-16)20-19(15-24-5)21(18-9-7-6-8-10-18)25-23(20)22(2,3)4/h6-14,20H,15H2,1-5H3. The number of benzene rings is 2. The van der Waals surface area contributed by atoms with Crippen molar-refractivity contribution >= 4 is 5.76 Å². The third-order valence-electron chi connectivity index (χ3n) is 4.44. The summed E-state index contributed by atoms with van der Waals surface area (Å²) >= 11 is 0. The van der Waals surface area contributed by atoms with Gasteiger partial charge in [-0.25, -0.2) is 0 Å². The normalized spacial score (nSPS) is 18.5. The van der Waals surface area contributed by atoms with Crippen LogP contribution < -0.4 is 0 Å². The fraction of sp³-hybridized carbons (Fsp3) is 0.364. The van der Waals surface area contributed by atoms with Gasteiger partial charge in [0.1, 0.15) is 0 Å². The lowest BCUT2D eigenvalue weighted by Gasteiger charge is -2.36. The maximum absolute atomic E-state index is 6.41. The second-order valence-corrected chi connectivity index (χ2v) is 7.55. The van der Waals surface area contributed by atoms with Gasteiger partial charge in [-0.3, -0.25) is 0 Å². The molecule has 1 atom stereocenters. The number of aryl methyl sites for hydroxylation is 1. The van der Waals surface area contributed by atoms with Crippen molar-refractivity contribution in [3.63, 3.8) is 0 Å². The zero-order valence-corrected chi connectivity index (χ0v) is 15.7. The fourth-order valence-corrected chi connectivity index (χ4v) is 3.21. The molecule has 0 amide bonds. The van der Waals surface area contributed by atoms with E-state index in [0.29, 0.717) is 6.61 Å². The molecule has 1 unspecified atom stereocenters. The summed E-state index contributed by atoms with van der Waals surface area (Å²) in [5.41, 5.74) is 4.57. The lowest BCUT2D eigenvalue weighted by Crippen LogP contribution is -2.41. The van der Waals surface area contributed by atoms with E-state index in [1.807, 2.05) is 18.2 Å². The van der Waals surface area contributed by atoms with E-state index in [-0.39, 0.29) is 11.6 Å². The first-order chi connectivity index (χ1) is 11.9. The molecule has 0 spiro atoms. The summed E-state index contributed by atoms with van der Waals surface area (Å²) in [6, 6.07) is 19.0. The Morgan fingerprint density at radius 2 is 1.64 bits per heavy atom. The summed E-state index contributed by atoms with van der Waals surface area (Å²) < 4.78 is 5.55. The zero-order valence-electron chi connectivity index (χ0n) is 15.7. The van der Waals surface area contributed by atoms with Crippen LogP contribution in [0.2, 0.25) is 0 Å². The Morgan fingerprint density at radius 1 is 1.00 bits per heavy atom. The van der Waals surface area contributed by atoms with Crippen LogP contribution in [-0.2, 0) is 9.57 Å². The van der Waals surface area contributed by atoms with Gasteiger partial charge in [0.2, 0.25) is 0 Å². The van der Waals surface area contributed by atoms with Crippen LogP contribution in [0.5, 0.6) is 0 Å². The molecule has 0 saturated heterocycles. The Kier molecular flexibility index (Phi) is 4.98. The molecular weight excluding hydrogens is 310 g/mol. The first-order valence-electron chi connectivity index (χ1n) is 8.73. The van der Waals surface area contributed by atoms with E-state index in [4.69, 9.17) is 9.57 Å². The van der Waals surface area contributed by atoms with Gasteiger partial charge in [-0.15, -0.1) is 5.06 Å². The second kappa shape index (κ2) is 7.03. The van der Waals surface area contributed by atoms with Gasteiger partial charge < -0.3 is 9.57 Å². The van der Waals surface area contributed by atoms with Gasteiger partial charge in [-0.1, -0.05) is 60.2 Å². The third-order valence-corrected chi connectivity index (χ3v) is 4.44. The molecule has 0 N–H and O–H groups in total. The van der Waals surface area contributed by atoms with Crippen molar-refractivity contribution in [2.24, 2.45) is 0 Å². The number of rotatable bonds is 4. The number of hydrogen-bond acceptors (Lipinski definition) is 3. The van der Waals surface area contributed by atoms with Gasteiger partial charge in [0.05, 0.1) is 12.6 Å². The van der Waals surface area contributed by atoms with Crippen LogP contribution in [-0.4, -0.2) is 24.3 Å². The molecule has 0 bridgehead atoms. The highest BCUT2D eigenvalue weighted by molar-refractivity contribution is 5.66. The molecule has 0 radical (unpaired) electrons. The molecule has 3 nitrogen and oxygen atoms in total. The molecule has 0 aromatic heterocycles. The summed E-state index contributed by atoms with van der Waals surface area (Å²) in [4.78, 5) is 6.41. The van der Waals surface area contributed by atoms with E-state index >= 15 is 0 Å². The SMILES string of the molecule is COCC1=C(c2ccccc2)ON(C(C)(C)C)C1c1ccc(C)cc1. The van der Waals surface area contributed by atoms with Crippen LogP contribution in [0, 0.1) is 6.92 Å². The molecule has 3 heteroatoms. The van der Waals surface area contributed by atoms with Crippen molar-refractivity contribution in [1.29, 1.82) is 0 Å². The van der Waals surface area contributed by atoms with Gasteiger partial charge in [0.15, 0.2) is 5.76 Å². The average Bonchev–Trinajstić information content (AvgIpc) is 2.96. The molecule has 1 heterocycles. The molecule has 0 fully saturated rings. The van der Waals surface area contributed by atoms with Crippen molar-refractivity contribution in [3.8, 4) is 0 Å². The molecule has 0 aliphatic carbocycles. The predicted octanol–water partition coefficient (Wildman–Crippen LogP) is 5.14. The van der Waals surface area contributed by atoms with Gasteiger partial charge >= 0.3 is 0 Å². The summed E-state index contributed by atoms with van der Waals surface area (Å²) in [5, 5.41) is 2.09. The molecule has 0 saturated carbocycles. The molecule has 3 rings (SSSR count). The van der Waals surface area contributed by atoms with Crippen molar-refractivity contribution in [2.75, 3.05) is 13.7 Å². The summed E-state index contributed by atoms with van der Waals surface area (Å²) in [6.45, 7) is 9.17. The van der Waals surface area contributed by atoms with Crippen LogP contribution in [0.4, 0.5) is 0 Å². The minimum atomic E-state index is -0.148. The Balaban J connectivity index is 2.13. The largest absolute Gasteiger partial charge is 0.404 e. The van der Waals surface area contributed by atoms with E-state index in [0.717, 1.165) is 16.9 Å². The lowest BCUT2D eigenvalue weighted by atomic mass is 9.93. The summed E-state index contributed by atoms with van der Waals surface area (Å²) in [7, 11) is 1.74. The number of methoxy groups -OCH3 is 1. The minimum absolute atomic E-state index is 0.0377. The van der Waals surface area contributed by atoms with Crippen LogP contribution in [0.1, 0.15) is 43.5 Å². The fourth-order valence-electron chi connectivity index (χ4n) is 3.21. The van der Waals surface area contributed by atoms with Crippen molar-refractivity contribution in [3.05, 3.63) is 76.9 Å². The summed E-state index contributed by atoms with van der Waals surface area (Å²) in [5.74, 6) is 0.906. The van der Waals surface area contributed by atoms with Crippen LogP contribution in [0.3, 0.4) is 0 Å². The van der Waals surface area contributed by atoms with Gasteiger partial charge in [0.25, 0.3) is 0 Å². The van der Waals surface area contributed by atoms with Gasteiger partial charge in [-0.2, -0.15) is 0 Å². The zero-order chi connectivity index (χ0) is 18.0. The second-order valence-electron chi connectivity index (χ2n) is 7.55. The van der Waals surface area contributed by atoms with Crippen molar-refractivity contribution in [1.82, 2.24) is 5.06 Å². The monoisotopic (exact) mass is 337 g/mol. The number of ether oxygens (including phenoxy) is 1. The van der Waals surface area contributed by atoms with E-state index in [1.54, 1.807) is 7.11 Å². The Bertz CT molecular complexity index is 742. The van der Waals surface area contributed by atoms with Crippen LogP contribution in [0.15, 0.2) is 60.2 Å². The van der Waals surface area contributed by atoms with E-state index in [9.17, 15) is 0 Å². The molecule has 1 aliphatic rings. The van der Waals surface area contributed by atoms with Gasteiger partial charge in [0, 0.05) is 23.8 Å². The first kappa shape index (κ1) is 17.7. The van der Waals surface area contributed by atoms with Crippen LogP contribution >= 0.6 is 0 Å². The van der Waals surface area contributed by atoms with Crippen molar-refractivity contribution in [2.45, 2.75) is 39.3 Å². The lowest BCUT2D eigenvalue weighted by molar-refractivity contribution is -0.158. The molecule has 1 aliphatic heterocycles. The first-order valence-corrected chi connectivity index (χ1v) is 8.73. The molecule has 2 aromatic rings. The molecule has 2 aromatic carbocycles. The Labute approximate surface area is 150 Å². The molecule has 132 valence electrons. The van der Waals surface area contributed by atoms with Crippen molar-refractivity contribution < 1.29 is 9.57 Å². The van der Waals surface area contributed by atoms with E-state index < -0.39 is 0 Å². The third kappa shape index (κ3) is 3.63. The number of nitrogens with zero attached hydrogens (tertiary/aromatic N) is 1. The molecule has 25 heavy (non-hydrogen) atoms. The highest BCUT2D eigenvalue weighted by atomic mass is 16.7. The van der Waals surface area contributed by atoms with Gasteiger partial charge in [-0.05, 0) is 33.3 Å². The maximum atomic E-state index is 6.41. The minimum Gasteiger partial charge on any atom is -0.404 e. The Morgan fingerprint density at radius 3 is 2.20 bits per heavy atom. The number of hydrogen-bond donors (Lipinski definition) is 0. The Hall–Kier alpha value is -2.10. The van der Waals surface area contributed by atoms with Crippen LogP contribution in [0.25, 0.3) is 5.76 Å². The summed E-state index contributed by atoms with van der Waals surface area (Å²) in [6.07, 6.45) is 0. The van der Waals surface area contributed by atoms with E-state index in [2.05, 4.69) is 69.2 Å². The quantitative estimate of drug-likeness (QED) is 0.771. The van der Waals surface area contributed by atoms with E-state index in [1.165, 1.54) is 11.1 Å². The predicted molar refractivity (Wildman–Crippen MR) is 102 cm³/mol.